The van der Waals surface area contributed by atoms with E-state index in [2.05, 4.69) is 4.74 Å². The van der Waals surface area contributed by atoms with Gasteiger partial charge >= 0.3 is 6.36 Å². The fraction of sp³-hybridized carbons (Fsp3) is 0.350. The van der Waals surface area contributed by atoms with Gasteiger partial charge in [-0.25, -0.2) is 0 Å². The molecule has 10 heteroatoms. The normalized spacial score (nSPS) is 19.2. The van der Waals surface area contributed by atoms with E-state index < -0.39 is 17.8 Å². The summed E-state index contributed by atoms with van der Waals surface area (Å²) in [6.07, 6.45) is -4.48. The summed E-state index contributed by atoms with van der Waals surface area (Å²) >= 11 is 12.5. The molecule has 1 amide bonds. The first kappa shape index (κ1) is 22.4. The number of likely N-dealkylation sites (tertiary alicyclic amines) is 1. The molecular formula is C20H18Cl2F3NO4. The average Bonchev–Trinajstić information content (AvgIpc) is 2.96. The molecule has 0 aliphatic carbocycles. The molecule has 3 rings (SSSR count). The quantitative estimate of drug-likeness (QED) is 0.542. The van der Waals surface area contributed by atoms with Crippen LogP contribution in [0, 0.1) is 0 Å². The SMILES string of the molecule is COc1ccc(Cl)c(OC)c1[C@H]1C[C@H](Cl)C(=O)N1Cc1ccc(OC(F)(F)F)cc1. The van der Waals surface area contributed by atoms with Crippen LogP contribution in [0.2, 0.25) is 5.02 Å². The minimum atomic E-state index is -4.77. The van der Waals surface area contributed by atoms with Gasteiger partial charge in [0.05, 0.1) is 30.8 Å². The highest BCUT2D eigenvalue weighted by atomic mass is 35.5. The smallest absolute Gasteiger partial charge is 0.496 e. The highest BCUT2D eigenvalue weighted by Gasteiger charge is 2.42. The van der Waals surface area contributed by atoms with Crippen molar-refractivity contribution in [2.24, 2.45) is 0 Å². The zero-order valence-electron chi connectivity index (χ0n) is 16.0. The van der Waals surface area contributed by atoms with Gasteiger partial charge in [0, 0.05) is 6.54 Å². The van der Waals surface area contributed by atoms with Crippen molar-refractivity contribution in [3.8, 4) is 17.2 Å². The predicted molar refractivity (Wildman–Crippen MR) is 105 cm³/mol. The number of rotatable bonds is 6. The van der Waals surface area contributed by atoms with Crippen molar-refractivity contribution in [1.29, 1.82) is 0 Å². The number of nitrogens with zero attached hydrogens (tertiary/aromatic N) is 1. The molecule has 0 saturated carbocycles. The number of benzene rings is 2. The van der Waals surface area contributed by atoms with Crippen molar-refractivity contribution < 1.29 is 32.2 Å². The van der Waals surface area contributed by atoms with Gasteiger partial charge in [-0.1, -0.05) is 23.7 Å². The van der Waals surface area contributed by atoms with Gasteiger partial charge in [-0.2, -0.15) is 0 Å². The number of methoxy groups -OCH3 is 2. The summed E-state index contributed by atoms with van der Waals surface area (Å²) in [5.41, 5.74) is 1.19. The molecule has 0 radical (unpaired) electrons. The molecule has 0 bridgehead atoms. The molecule has 2 atom stereocenters. The first-order valence-corrected chi connectivity index (χ1v) is 9.65. The van der Waals surface area contributed by atoms with Crippen LogP contribution in [-0.2, 0) is 11.3 Å². The van der Waals surface area contributed by atoms with E-state index in [9.17, 15) is 18.0 Å². The molecule has 0 unspecified atom stereocenters. The summed E-state index contributed by atoms with van der Waals surface area (Å²) < 4.78 is 51.8. The summed E-state index contributed by atoms with van der Waals surface area (Å²) in [5.74, 6) is 0.211. The minimum Gasteiger partial charge on any atom is -0.496 e. The Hall–Kier alpha value is -2.32. The summed E-state index contributed by atoms with van der Waals surface area (Å²) in [6, 6.07) is 8.11. The number of alkyl halides is 4. The zero-order chi connectivity index (χ0) is 22.1. The first-order valence-electron chi connectivity index (χ1n) is 8.84. The summed E-state index contributed by atoms with van der Waals surface area (Å²) in [5, 5.41) is -0.413. The standard InChI is InChI=1S/C20H18Cl2F3NO4/c1-28-16-8-7-13(21)18(29-2)17(16)15-9-14(22)19(27)26(15)10-11-3-5-12(6-4-11)30-20(23,24)25/h3-8,14-15H,9-10H2,1-2H3/t14-,15+/m0/s1. The first-order chi connectivity index (χ1) is 14.1. The lowest BCUT2D eigenvalue weighted by Gasteiger charge is -2.28. The Morgan fingerprint density at radius 3 is 2.33 bits per heavy atom. The van der Waals surface area contributed by atoms with E-state index >= 15 is 0 Å². The van der Waals surface area contributed by atoms with Crippen molar-refractivity contribution in [3.05, 3.63) is 52.5 Å². The van der Waals surface area contributed by atoms with E-state index in [-0.39, 0.29) is 18.2 Å². The van der Waals surface area contributed by atoms with Crippen LogP contribution in [-0.4, -0.2) is 36.8 Å². The second-order valence-corrected chi connectivity index (χ2v) is 7.51. The predicted octanol–water partition coefficient (Wildman–Crippen LogP) is 5.34. The van der Waals surface area contributed by atoms with Crippen LogP contribution in [0.5, 0.6) is 17.2 Å². The Balaban J connectivity index is 1.92. The number of halogens is 5. The summed E-state index contributed by atoms with van der Waals surface area (Å²) in [4.78, 5) is 14.3. The molecule has 2 aromatic carbocycles. The largest absolute Gasteiger partial charge is 0.573 e. The van der Waals surface area contributed by atoms with Gasteiger partial charge in [0.25, 0.3) is 0 Å². The van der Waals surface area contributed by atoms with Crippen LogP contribution in [0.4, 0.5) is 13.2 Å². The van der Waals surface area contributed by atoms with Gasteiger partial charge in [-0.15, -0.1) is 24.8 Å². The van der Waals surface area contributed by atoms with E-state index in [4.69, 9.17) is 32.7 Å². The molecule has 5 nitrogen and oxygen atoms in total. The number of amides is 1. The molecule has 162 valence electrons. The Morgan fingerprint density at radius 2 is 1.77 bits per heavy atom. The molecular weight excluding hydrogens is 446 g/mol. The number of ether oxygens (including phenoxy) is 3. The Morgan fingerprint density at radius 1 is 1.10 bits per heavy atom. The maximum absolute atomic E-state index is 12.7. The summed E-state index contributed by atoms with van der Waals surface area (Å²) in [7, 11) is 2.95. The third kappa shape index (κ3) is 4.70. The lowest BCUT2D eigenvalue weighted by Crippen LogP contribution is -2.29. The van der Waals surface area contributed by atoms with Crippen LogP contribution >= 0.6 is 23.2 Å². The monoisotopic (exact) mass is 463 g/mol. The summed E-state index contributed by atoms with van der Waals surface area (Å²) in [6.45, 7) is 0.123. The Labute approximate surface area is 181 Å². The van der Waals surface area contributed by atoms with Crippen LogP contribution in [0.1, 0.15) is 23.6 Å². The fourth-order valence-corrected chi connectivity index (χ4v) is 4.00. The number of hydrogen-bond acceptors (Lipinski definition) is 4. The van der Waals surface area contributed by atoms with Crippen molar-refractivity contribution in [1.82, 2.24) is 4.90 Å². The Kier molecular flexibility index (Phi) is 6.57. The van der Waals surface area contributed by atoms with Crippen molar-refractivity contribution >= 4 is 29.1 Å². The van der Waals surface area contributed by atoms with Crippen LogP contribution < -0.4 is 14.2 Å². The molecule has 0 aromatic heterocycles. The molecule has 1 fully saturated rings. The maximum atomic E-state index is 12.7. The van der Waals surface area contributed by atoms with E-state index in [1.54, 1.807) is 12.1 Å². The van der Waals surface area contributed by atoms with E-state index in [0.29, 0.717) is 34.1 Å². The molecule has 0 spiro atoms. The lowest BCUT2D eigenvalue weighted by atomic mass is 10.0. The number of hydrogen-bond donors (Lipinski definition) is 0. The maximum Gasteiger partial charge on any atom is 0.573 e. The second-order valence-electron chi connectivity index (χ2n) is 6.57. The zero-order valence-corrected chi connectivity index (χ0v) is 17.5. The molecule has 1 aliphatic heterocycles. The average molecular weight is 464 g/mol. The third-order valence-electron chi connectivity index (χ3n) is 4.73. The molecule has 0 N–H and O–H groups in total. The number of carbonyl (C=O) groups is 1. The van der Waals surface area contributed by atoms with Crippen molar-refractivity contribution in [3.63, 3.8) is 0 Å². The topological polar surface area (TPSA) is 48.0 Å². The van der Waals surface area contributed by atoms with Crippen LogP contribution in [0.3, 0.4) is 0 Å². The minimum absolute atomic E-state index is 0.123. The van der Waals surface area contributed by atoms with E-state index in [0.717, 1.165) is 0 Å². The molecule has 2 aromatic rings. The van der Waals surface area contributed by atoms with Gasteiger partial charge < -0.3 is 19.1 Å². The Bertz CT molecular complexity index is 922. The molecule has 1 aliphatic rings. The van der Waals surface area contributed by atoms with Gasteiger partial charge in [-0.3, -0.25) is 4.79 Å². The van der Waals surface area contributed by atoms with Crippen molar-refractivity contribution in [2.45, 2.75) is 30.7 Å². The number of carbonyl (C=O) groups excluding carboxylic acids is 1. The highest BCUT2D eigenvalue weighted by Crippen LogP contribution is 2.47. The van der Waals surface area contributed by atoms with E-state index in [1.165, 1.54) is 43.4 Å². The highest BCUT2D eigenvalue weighted by molar-refractivity contribution is 6.32. The molecule has 30 heavy (non-hydrogen) atoms. The lowest BCUT2D eigenvalue weighted by molar-refractivity contribution is -0.274. The van der Waals surface area contributed by atoms with Crippen LogP contribution in [0.25, 0.3) is 0 Å². The third-order valence-corrected chi connectivity index (χ3v) is 5.40. The molecule has 1 saturated heterocycles. The second kappa shape index (κ2) is 8.81. The van der Waals surface area contributed by atoms with Crippen molar-refractivity contribution in [2.75, 3.05) is 14.2 Å². The van der Waals surface area contributed by atoms with Gasteiger partial charge in [-0.05, 0) is 36.2 Å². The van der Waals surface area contributed by atoms with Crippen LogP contribution in [0.15, 0.2) is 36.4 Å². The van der Waals surface area contributed by atoms with Gasteiger partial charge in [0.2, 0.25) is 5.91 Å². The van der Waals surface area contributed by atoms with Gasteiger partial charge in [0.15, 0.2) is 0 Å². The fourth-order valence-electron chi connectivity index (χ4n) is 3.47. The molecule has 1 heterocycles. The van der Waals surface area contributed by atoms with Gasteiger partial charge in [0.1, 0.15) is 22.6 Å². The van der Waals surface area contributed by atoms with E-state index in [1.807, 2.05) is 0 Å².